The topological polar surface area (TPSA) is 39.7 Å². The van der Waals surface area contributed by atoms with Crippen molar-refractivity contribution in [2.24, 2.45) is 0 Å². The zero-order valence-electron chi connectivity index (χ0n) is 10.9. The Morgan fingerprint density at radius 2 is 1.89 bits per heavy atom. The van der Waals surface area contributed by atoms with Crippen LogP contribution in [0.25, 0.3) is 0 Å². The Morgan fingerprint density at radius 1 is 1.11 bits per heavy atom. The number of hydrogen-bond acceptors (Lipinski definition) is 4. The molecule has 1 rings (SSSR count). The summed E-state index contributed by atoms with van der Waals surface area (Å²) in [4.78, 5) is 0. The van der Waals surface area contributed by atoms with Crippen molar-refractivity contribution in [3.05, 3.63) is 29.6 Å². The van der Waals surface area contributed by atoms with Crippen molar-refractivity contribution in [1.82, 2.24) is 5.32 Å². The van der Waals surface area contributed by atoms with Crippen LogP contribution >= 0.6 is 0 Å². The summed E-state index contributed by atoms with van der Waals surface area (Å²) in [5.41, 5.74) is 0.794. The van der Waals surface area contributed by atoms with Gasteiger partial charge in [-0.1, -0.05) is 0 Å². The maximum absolute atomic E-state index is 13.2. The molecule has 0 aliphatic rings. The molecule has 0 heterocycles. The second-order valence-corrected chi connectivity index (χ2v) is 3.76. The summed E-state index contributed by atoms with van der Waals surface area (Å²) in [6.07, 6.45) is 0. The van der Waals surface area contributed by atoms with Gasteiger partial charge in [-0.15, -0.1) is 0 Å². The number of halogens is 1. The molecule has 1 aromatic carbocycles. The van der Waals surface area contributed by atoms with Crippen LogP contribution in [0.3, 0.4) is 0 Å². The quantitative estimate of drug-likeness (QED) is 0.682. The number of rotatable bonds is 9. The van der Waals surface area contributed by atoms with Crippen LogP contribution < -0.4 is 10.1 Å². The maximum Gasteiger partial charge on any atom is 0.124 e. The van der Waals surface area contributed by atoms with Crippen molar-refractivity contribution in [3.63, 3.8) is 0 Å². The van der Waals surface area contributed by atoms with Gasteiger partial charge in [0.2, 0.25) is 0 Å². The van der Waals surface area contributed by atoms with Gasteiger partial charge in [0.05, 0.1) is 13.2 Å². The van der Waals surface area contributed by atoms with Crippen LogP contribution in [0.4, 0.5) is 4.39 Å². The fourth-order valence-electron chi connectivity index (χ4n) is 1.46. The molecule has 0 spiro atoms. The van der Waals surface area contributed by atoms with Gasteiger partial charge in [-0.2, -0.15) is 0 Å². The third-order valence-electron chi connectivity index (χ3n) is 2.37. The highest BCUT2D eigenvalue weighted by Crippen LogP contribution is 2.19. The van der Waals surface area contributed by atoms with Crippen LogP contribution in [0.2, 0.25) is 0 Å². The van der Waals surface area contributed by atoms with Gasteiger partial charge in [0, 0.05) is 32.9 Å². The van der Waals surface area contributed by atoms with Crippen molar-refractivity contribution in [2.45, 2.75) is 6.54 Å². The molecule has 0 aliphatic heterocycles. The molecule has 5 heteroatoms. The van der Waals surface area contributed by atoms with E-state index < -0.39 is 0 Å². The molecule has 0 aromatic heterocycles. The SMILES string of the molecule is COCCNCc1cc(F)ccc1OCCOC. The van der Waals surface area contributed by atoms with Crippen molar-refractivity contribution in [2.75, 3.05) is 40.6 Å². The highest BCUT2D eigenvalue weighted by atomic mass is 19.1. The van der Waals surface area contributed by atoms with Crippen molar-refractivity contribution in [3.8, 4) is 5.75 Å². The van der Waals surface area contributed by atoms with Crippen LogP contribution in [0.5, 0.6) is 5.75 Å². The number of nitrogens with one attached hydrogen (secondary N) is 1. The molecule has 0 bridgehead atoms. The molecule has 1 aromatic rings. The zero-order chi connectivity index (χ0) is 13.2. The molecule has 0 fully saturated rings. The van der Waals surface area contributed by atoms with Gasteiger partial charge >= 0.3 is 0 Å². The molecular formula is C13H20FNO3. The Balaban J connectivity index is 2.53. The maximum atomic E-state index is 13.2. The van der Waals surface area contributed by atoms with Gasteiger partial charge in [0.1, 0.15) is 18.2 Å². The minimum atomic E-state index is -0.266. The predicted octanol–water partition coefficient (Wildman–Crippen LogP) is 1.59. The summed E-state index contributed by atoms with van der Waals surface area (Å²) in [6.45, 7) is 2.84. The summed E-state index contributed by atoms with van der Waals surface area (Å²) in [5, 5.41) is 3.16. The number of methoxy groups -OCH3 is 2. The van der Waals surface area contributed by atoms with E-state index in [0.29, 0.717) is 38.7 Å². The molecule has 0 atom stereocenters. The fourth-order valence-corrected chi connectivity index (χ4v) is 1.46. The van der Waals surface area contributed by atoms with Gasteiger partial charge in [0.15, 0.2) is 0 Å². The second-order valence-electron chi connectivity index (χ2n) is 3.76. The molecule has 18 heavy (non-hydrogen) atoms. The van der Waals surface area contributed by atoms with Gasteiger partial charge in [-0.25, -0.2) is 4.39 Å². The van der Waals surface area contributed by atoms with Crippen LogP contribution in [-0.2, 0) is 16.0 Å². The normalized spacial score (nSPS) is 10.6. The van der Waals surface area contributed by atoms with E-state index in [1.807, 2.05) is 0 Å². The lowest BCUT2D eigenvalue weighted by Crippen LogP contribution is -2.19. The number of benzene rings is 1. The van der Waals surface area contributed by atoms with Gasteiger partial charge < -0.3 is 19.5 Å². The van der Waals surface area contributed by atoms with E-state index in [1.54, 1.807) is 20.3 Å². The standard InChI is InChI=1S/C13H20FNO3/c1-16-6-5-15-10-11-9-12(14)3-4-13(11)18-8-7-17-2/h3-4,9,15H,5-8,10H2,1-2H3. The van der Waals surface area contributed by atoms with Crippen molar-refractivity contribution >= 4 is 0 Å². The third-order valence-corrected chi connectivity index (χ3v) is 2.37. The average Bonchev–Trinajstić information content (AvgIpc) is 2.37. The molecule has 102 valence electrons. The van der Waals surface area contributed by atoms with E-state index in [-0.39, 0.29) is 5.82 Å². The molecule has 4 nitrogen and oxygen atoms in total. The van der Waals surface area contributed by atoms with Crippen molar-refractivity contribution in [1.29, 1.82) is 0 Å². The van der Waals surface area contributed by atoms with Crippen LogP contribution in [0, 0.1) is 5.82 Å². The monoisotopic (exact) mass is 257 g/mol. The van der Waals surface area contributed by atoms with E-state index >= 15 is 0 Å². The van der Waals surface area contributed by atoms with E-state index in [4.69, 9.17) is 14.2 Å². The molecular weight excluding hydrogens is 237 g/mol. The van der Waals surface area contributed by atoms with E-state index in [0.717, 1.165) is 5.56 Å². The van der Waals surface area contributed by atoms with Crippen molar-refractivity contribution < 1.29 is 18.6 Å². The molecule has 0 amide bonds. The fraction of sp³-hybridized carbons (Fsp3) is 0.538. The Hall–Kier alpha value is -1.17. The summed E-state index contributed by atoms with van der Waals surface area (Å²) >= 11 is 0. The molecule has 0 aliphatic carbocycles. The lowest BCUT2D eigenvalue weighted by molar-refractivity contribution is 0.145. The first kappa shape index (κ1) is 14.9. The molecule has 1 N–H and O–H groups in total. The van der Waals surface area contributed by atoms with Gasteiger partial charge in [0.25, 0.3) is 0 Å². The first-order chi connectivity index (χ1) is 8.77. The lowest BCUT2D eigenvalue weighted by atomic mass is 10.2. The zero-order valence-corrected chi connectivity index (χ0v) is 10.9. The van der Waals surface area contributed by atoms with Crippen LogP contribution in [-0.4, -0.2) is 40.6 Å². The third kappa shape index (κ3) is 5.44. The molecule has 0 saturated heterocycles. The first-order valence-corrected chi connectivity index (χ1v) is 5.87. The summed E-state index contributed by atoms with van der Waals surface area (Å²) in [6, 6.07) is 4.50. The Labute approximate surface area is 107 Å². The summed E-state index contributed by atoms with van der Waals surface area (Å²) in [5.74, 6) is 0.413. The number of hydrogen-bond donors (Lipinski definition) is 1. The van der Waals surface area contributed by atoms with E-state index in [9.17, 15) is 4.39 Å². The van der Waals surface area contributed by atoms with E-state index in [2.05, 4.69) is 5.32 Å². The van der Waals surface area contributed by atoms with Crippen LogP contribution in [0.15, 0.2) is 18.2 Å². The van der Waals surface area contributed by atoms with Gasteiger partial charge in [-0.3, -0.25) is 0 Å². The molecule has 0 radical (unpaired) electrons. The van der Waals surface area contributed by atoms with Gasteiger partial charge in [-0.05, 0) is 18.2 Å². The molecule has 0 unspecified atom stereocenters. The number of ether oxygens (including phenoxy) is 3. The first-order valence-electron chi connectivity index (χ1n) is 5.87. The highest BCUT2D eigenvalue weighted by Gasteiger charge is 2.05. The summed E-state index contributed by atoms with van der Waals surface area (Å²) < 4.78 is 28.5. The second kappa shape index (κ2) is 8.85. The summed E-state index contributed by atoms with van der Waals surface area (Å²) in [7, 11) is 3.25. The Morgan fingerprint density at radius 3 is 2.61 bits per heavy atom. The minimum absolute atomic E-state index is 0.266. The smallest absolute Gasteiger partial charge is 0.124 e. The predicted molar refractivity (Wildman–Crippen MR) is 67.4 cm³/mol. The Bertz CT molecular complexity index is 347. The Kier molecular flexibility index (Phi) is 7.32. The average molecular weight is 257 g/mol. The molecule has 0 saturated carbocycles. The van der Waals surface area contributed by atoms with Crippen LogP contribution in [0.1, 0.15) is 5.56 Å². The minimum Gasteiger partial charge on any atom is -0.491 e. The highest BCUT2D eigenvalue weighted by molar-refractivity contribution is 5.33. The van der Waals surface area contributed by atoms with E-state index in [1.165, 1.54) is 12.1 Å². The largest absolute Gasteiger partial charge is 0.491 e. The lowest BCUT2D eigenvalue weighted by Gasteiger charge is -2.12.